The van der Waals surface area contributed by atoms with Gasteiger partial charge in [0.2, 0.25) is 11.0 Å². The molecule has 2 rings (SSSR count). The third-order valence-corrected chi connectivity index (χ3v) is 3.24. The fraction of sp³-hybridized carbons (Fsp3) is 0.154. The molecule has 1 aromatic carbocycles. The summed E-state index contributed by atoms with van der Waals surface area (Å²) in [5, 5.41) is 9.20. The lowest BCUT2D eigenvalue weighted by molar-refractivity contribution is 0.0662. The fourth-order valence-electron chi connectivity index (χ4n) is 1.81. The van der Waals surface area contributed by atoms with E-state index in [0.29, 0.717) is 27.6 Å². The summed E-state index contributed by atoms with van der Waals surface area (Å²) < 4.78 is 15.5. The van der Waals surface area contributed by atoms with E-state index < -0.39 is 5.97 Å². The lowest BCUT2D eigenvalue weighted by Gasteiger charge is -2.13. The van der Waals surface area contributed by atoms with Crippen LogP contribution in [0.5, 0.6) is 11.5 Å². The van der Waals surface area contributed by atoms with Gasteiger partial charge in [0.1, 0.15) is 11.5 Å². The highest BCUT2D eigenvalue weighted by Gasteiger charge is 2.23. The van der Waals surface area contributed by atoms with Crippen molar-refractivity contribution in [2.75, 3.05) is 14.2 Å². The van der Waals surface area contributed by atoms with Gasteiger partial charge in [-0.05, 0) is 23.7 Å². The molecule has 0 aliphatic rings. The smallest absolute Gasteiger partial charge is 0.371 e. The average Bonchev–Trinajstić information content (AvgIpc) is 2.80. The largest absolute Gasteiger partial charge is 0.496 e. The van der Waals surface area contributed by atoms with Crippen LogP contribution in [0.3, 0.4) is 0 Å². The first-order valence-corrected chi connectivity index (χ1v) is 6.18. The molecule has 1 heterocycles. The molecule has 0 aliphatic carbocycles. The predicted octanol–water partition coefficient (Wildman–Crippen LogP) is 3.97. The lowest BCUT2D eigenvalue weighted by Crippen LogP contribution is -1.94. The van der Waals surface area contributed by atoms with Crippen molar-refractivity contribution < 1.29 is 23.8 Å². The van der Waals surface area contributed by atoms with Gasteiger partial charge in [-0.3, -0.25) is 0 Å². The Balaban J connectivity index is 2.73. The maximum Gasteiger partial charge on any atom is 0.371 e. The van der Waals surface area contributed by atoms with Crippen LogP contribution in [0, 0.1) is 0 Å². The van der Waals surface area contributed by atoms with E-state index in [0.717, 1.165) is 0 Å². The summed E-state index contributed by atoms with van der Waals surface area (Å²) in [5.74, 6) is -0.747. The van der Waals surface area contributed by atoms with Gasteiger partial charge in [-0.2, -0.15) is 0 Å². The van der Waals surface area contributed by atoms with Gasteiger partial charge in [0.05, 0.1) is 24.8 Å². The van der Waals surface area contributed by atoms with Gasteiger partial charge >= 0.3 is 5.97 Å². The fourth-order valence-corrected chi connectivity index (χ4v) is 2.28. The molecule has 0 atom stereocenters. The van der Waals surface area contributed by atoms with E-state index in [1.807, 2.05) is 0 Å². The van der Waals surface area contributed by atoms with Gasteiger partial charge in [-0.15, -0.1) is 0 Å². The highest BCUT2D eigenvalue weighted by atomic mass is 35.5. The van der Waals surface area contributed by atoms with Crippen LogP contribution in [0.2, 0.25) is 10.2 Å². The third kappa shape index (κ3) is 2.42. The minimum Gasteiger partial charge on any atom is -0.496 e. The van der Waals surface area contributed by atoms with Crippen molar-refractivity contribution >= 4 is 29.2 Å². The first-order chi connectivity index (χ1) is 9.49. The van der Waals surface area contributed by atoms with Crippen molar-refractivity contribution in [1.82, 2.24) is 0 Å². The van der Waals surface area contributed by atoms with Gasteiger partial charge in [-0.25, -0.2) is 4.79 Å². The number of hydrogen-bond acceptors (Lipinski definition) is 4. The van der Waals surface area contributed by atoms with E-state index >= 15 is 0 Å². The molecule has 0 saturated heterocycles. The molecule has 0 fully saturated rings. The maximum absolute atomic E-state index is 10.9. The summed E-state index contributed by atoms with van der Waals surface area (Å²) in [4.78, 5) is 10.9. The Hall–Kier alpha value is -1.85. The van der Waals surface area contributed by atoms with Crippen molar-refractivity contribution in [1.29, 1.82) is 0 Å². The molecule has 1 aromatic heterocycles. The van der Waals surface area contributed by atoms with Crippen LogP contribution >= 0.6 is 23.2 Å². The van der Waals surface area contributed by atoms with Crippen LogP contribution < -0.4 is 9.47 Å². The van der Waals surface area contributed by atoms with Crippen LogP contribution in [0.4, 0.5) is 0 Å². The van der Waals surface area contributed by atoms with Crippen LogP contribution in [0.15, 0.2) is 22.6 Å². The highest BCUT2D eigenvalue weighted by Crippen LogP contribution is 2.46. The van der Waals surface area contributed by atoms with E-state index in [4.69, 9.17) is 42.2 Å². The first kappa shape index (κ1) is 14.6. The molecule has 1 N–H and O–H groups in total. The predicted molar refractivity (Wildman–Crippen MR) is 74.2 cm³/mol. The van der Waals surface area contributed by atoms with Crippen molar-refractivity contribution in [3.8, 4) is 22.6 Å². The van der Waals surface area contributed by atoms with Crippen LogP contribution in [0.25, 0.3) is 11.1 Å². The summed E-state index contributed by atoms with van der Waals surface area (Å²) in [6.45, 7) is 0. The Labute approximate surface area is 124 Å². The minimum absolute atomic E-state index is 0.0822. The van der Waals surface area contributed by atoms with E-state index in [-0.39, 0.29) is 11.0 Å². The Bertz CT molecular complexity index is 663. The molecule has 20 heavy (non-hydrogen) atoms. The number of hydrogen-bond donors (Lipinski definition) is 1. The molecule has 106 valence electrons. The second-order valence-electron chi connectivity index (χ2n) is 3.76. The molecule has 0 amide bonds. The Morgan fingerprint density at radius 2 is 1.95 bits per heavy atom. The number of benzene rings is 1. The molecular formula is C13H10Cl2O5. The summed E-state index contributed by atoms with van der Waals surface area (Å²) in [6, 6.07) is 4.53. The normalized spacial score (nSPS) is 10.4. The molecule has 0 aliphatic heterocycles. The van der Waals surface area contributed by atoms with Crippen LogP contribution in [-0.2, 0) is 0 Å². The van der Waals surface area contributed by atoms with E-state index in [2.05, 4.69) is 0 Å². The van der Waals surface area contributed by atoms with E-state index in [9.17, 15) is 4.79 Å². The molecule has 0 bridgehead atoms. The second-order valence-corrected chi connectivity index (χ2v) is 4.51. The second kappa shape index (κ2) is 5.64. The Morgan fingerprint density at radius 3 is 2.45 bits per heavy atom. The SMILES string of the molecule is COc1ccc(Cl)c(OC)c1-c1cc(C(=O)O)oc1Cl. The van der Waals surface area contributed by atoms with Crippen molar-refractivity contribution in [2.45, 2.75) is 0 Å². The van der Waals surface area contributed by atoms with Gasteiger partial charge < -0.3 is 19.0 Å². The summed E-state index contributed by atoms with van der Waals surface area (Å²) in [6.07, 6.45) is 0. The number of aromatic carboxylic acids is 1. The quantitative estimate of drug-likeness (QED) is 0.924. The zero-order chi connectivity index (χ0) is 14.9. The number of furan rings is 1. The van der Waals surface area contributed by atoms with Gasteiger partial charge in [0, 0.05) is 11.6 Å². The topological polar surface area (TPSA) is 68.9 Å². The number of ether oxygens (including phenoxy) is 2. The molecular weight excluding hydrogens is 307 g/mol. The summed E-state index contributed by atoms with van der Waals surface area (Å²) >= 11 is 12.0. The maximum atomic E-state index is 10.9. The zero-order valence-corrected chi connectivity index (χ0v) is 12.1. The summed E-state index contributed by atoms with van der Waals surface area (Å²) in [7, 11) is 2.91. The number of carboxylic acids is 1. The van der Waals surface area contributed by atoms with Crippen molar-refractivity contribution in [2.24, 2.45) is 0 Å². The molecule has 0 spiro atoms. The van der Waals surface area contributed by atoms with Gasteiger partial charge in [-0.1, -0.05) is 11.6 Å². The molecule has 7 heteroatoms. The number of halogens is 2. The number of carbonyl (C=O) groups is 1. The first-order valence-electron chi connectivity index (χ1n) is 5.43. The molecule has 5 nitrogen and oxygen atoms in total. The minimum atomic E-state index is -1.22. The summed E-state index contributed by atoms with van der Waals surface area (Å²) in [5.41, 5.74) is 0.768. The zero-order valence-electron chi connectivity index (χ0n) is 10.6. The average molecular weight is 317 g/mol. The Kier molecular flexibility index (Phi) is 4.11. The van der Waals surface area contributed by atoms with Gasteiger partial charge in [0.25, 0.3) is 0 Å². The molecule has 2 aromatic rings. The van der Waals surface area contributed by atoms with Crippen LogP contribution in [-0.4, -0.2) is 25.3 Å². The van der Waals surface area contributed by atoms with Crippen molar-refractivity contribution in [3.05, 3.63) is 34.2 Å². The van der Waals surface area contributed by atoms with E-state index in [1.165, 1.54) is 20.3 Å². The monoisotopic (exact) mass is 316 g/mol. The molecule has 0 radical (unpaired) electrons. The standard InChI is InChI=1S/C13H10Cl2O5/c1-18-8-4-3-7(14)11(19-2)10(8)6-5-9(13(16)17)20-12(6)15/h3-5H,1-2H3,(H,16,17). The number of methoxy groups -OCH3 is 2. The third-order valence-electron chi connectivity index (χ3n) is 2.66. The van der Waals surface area contributed by atoms with Gasteiger partial charge in [0.15, 0.2) is 0 Å². The number of rotatable bonds is 4. The lowest BCUT2D eigenvalue weighted by atomic mass is 10.1. The van der Waals surface area contributed by atoms with Crippen LogP contribution in [0.1, 0.15) is 10.6 Å². The Morgan fingerprint density at radius 1 is 1.25 bits per heavy atom. The highest BCUT2D eigenvalue weighted by molar-refractivity contribution is 6.34. The van der Waals surface area contributed by atoms with Crippen molar-refractivity contribution in [3.63, 3.8) is 0 Å². The molecule has 0 unspecified atom stereocenters. The van der Waals surface area contributed by atoms with E-state index in [1.54, 1.807) is 12.1 Å². The molecule has 0 saturated carbocycles. The number of carboxylic acid groups (broad SMARTS) is 1.